The fourth-order valence-corrected chi connectivity index (χ4v) is 1.69. The second-order valence-corrected chi connectivity index (χ2v) is 4.79. The summed E-state index contributed by atoms with van der Waals surface area (Å²) < 4.78 is 16.2. The van der Waals surface area contributed by atoms with E-state index in [1.165, 1.54) is 0 Å². The largest absolute Gasteiger partial charge is 0.484 e. The quantitative estimate of drug-likeness (QED) is 0.685. The molecule has 0 saturated heterocycles. The maximum Gasteiger partial charge on any atom is 0.266 e. The average molecular weight is 313 g/mol. The molecular formula is C15H15N5O3. The van der Waals surface area contributed by atoms with E-state index in [1.54, 1.807) is 47.8 Å². The number of benzene rings is 1. The standard InChI is InChI=1S/C15H15N5O3/c1-20(2)15-18-14(23-19-15)10-21-11-3-5-12(6-4-11)22-13-9-16-7-8-17-13/h3-9H,10H2,1-2H3. The van der Waals surface area contributed by atoms with Crippen LogP contribution in [-0.2, 0) is 6.61 Å². The monoisotopic (exact) mass is 313 g/mol. The molecule has 0 N–H and O–H groups in total. The van der Waals surface area contributed by atoms with Crippen molar-refractivity contribution in [2.45, 2.75) is 6.61 Å². The second kappa shape index (κ2) is 6.73. The first-order chi connectivity index (χ1) is 11.2. The van der Waals surface area contributed by atoms with E-state index >= 15 is 0 Å². The predicted octanol–water partition coefficient (Wildman–Crippen LogP) is 2.30. The number of anilines is 1. The van der Waals surface area contributed by atoms with Crippen LogP contribution in [0.25, 0.3) is 0 Å². The highest BCUT2D eigenvalue weighted by molar-refractivity contribution is 5.33. The third kappa shape index (κ3) is 3.94. The van der Waals surface area contributed by atoms with Gasteiger partial charge in [-0.1, -0.05) is 0 Å². The molecule has 1 aromatic carbocycles. The highest BCUT2D eigenvalue weighted by Gasteiger charge is 2.08. The van der Waals surface area contributed by atoms with E-state index in [-0.39, 0.29) is 6.61 Å². The average Bonchev–Trinajstić information content (AvgIpc) is 3.04. The number of hydrogen-bond acceptors (Lipinski definition) is 8. The molecule has 0 spiro atoms. The van der Waals surface area contributed by atoms with Crippen molar-refractivity contribution < 1.29 is 14.0 Å². The van der Waals surface area contributed by atoms with Gasteiger partial charge in [-0.05, 0) is 29.4 Å². The summed E-state index contributed by atoms with van der Waals surface area (Å²) >= 11 is 0. The van der Waals surface area contributed by atoms with E-state index in [0.29, 0.717) is 29.2 Å². The van der Waals surface area contributed by atoms with Crippen molar-refractivity contribution in [2.24, 2.45) is 0 Å². The van der Waals surface area contributed by atoms with Gasteiger partial charge < -0.3 is 18.9 Å². The van der Waals surface area contributed by atoms with Gasteiger partial charge >= 0.3 is 0 Å². The second-order valence-electron chi connectivity index (χ2n) is 4.79. The van der Waals surface area contributed by atoms with Crippen LogP contribution < -0.4 is 14.4 Å². The molecule has 3 aromatic rings. The van der Waals surface area contributed by atoms with E-state index < -0.39 is 0 Å². The molecule has 2 heterocycles. The summed E-state index contributed by atoms with van der Waals surface area (Å²) in [5.41, 5.74) is 0. The van der Waals surface area contributed by atoms with Gasteiger partial charge in [0, 0.05) is 26.5 Å². The number of aromatic nitrogens is 4. The third-order valence-corrected chi connectivity index (χ3v) is 2.81. The molecule has 2 aromatic heterocycles. The van der Waals surface area contributed by atoms with Gasteiger partial charge in [0.25, 0.3) is 11.8 Å². The van der Waals surface area contributed by atoms with Gasteiger partial charge in [-0.3, -0.25) is 4.98 Å². The molecule has 0 fully saturated rings. The molecule has 23 heavy (non-hydrogen) atoms. The third-order valence-electron chi connectivity index (χ3n) is 2.81. The van der Waals surface area contributed by atoms with Gasteiger partial charge in [0.1, 0.15) is 11.5 Å². The lowest BCUT2D eigenvalue weighted by molar-refractivity contribution is 0.242. The maximum atomic E-state index is 5.59. The van der Waals surface area contributed by atoms with Crippen LogP contribution in [0.4, 0.5) is 5.95 Å². The first kappa shape index (κ1) is 14.8. The van der Waals surface area contributed by atoms with E-state index in [4.69, 9.17) is 14.0 Å². The van der Waals surface area contributed by atoms with Crippen molar-refractivity contribution in [1.82, 2.24) is 20.1 Å². The molecule has 8 heteroatoms. The highest BCUT2D eigenvalue weighted by Crippen LogP contribution is 2.22. The minimum atomic E-state index is 0.200. The van der Waals surface area contributed by atoms with E-state index in [0.717, 1.165) is 0 Å². The molecule has 0 saturated carbocycles. The summed E-state index contributed by atoms with van der Waals surface area (Å²) in [5, 5.41) is 3.82. The molecule has 0 aliphatic heterocycles. The molecule has 0 aliphatic carbocycles. The lowest BCUT2D eigenvalue weighted by Gasteiger charge is -2.06. The molecule has 0 radical (unpaired) electrons. The zero-order valence-corrected chi connectivity index (χ0v) is 12.7. The van der Waals surface area contributed by atoms with E-state index in [1.807, 2.05) is 14.1 Å². The summed E-state index contributed by atoms with van der Waals surface area (Å²) in [7, 11) is 3.68. The van der Waals surface area contributed by atoms with Crippen molar-refractivity contribution in [1.29, 1.82) is 0 Å². The molecule has 0 atom stereocenters. The van der Waals surface area contributed by atoms with Gasteiger partial charge in [-0.2, -0.15) is 4.98 Å². The summed E-state index contributed by atoms with van der Waals surface area (Å²) in [5.74, 6) is 2.67. The Morgan fingerprint density at radius 1 is 1.09 bits per heavy atom. The Kier molecular flexibility index (Phi) is 4.32. The van der Waals surface area contributed by atoms with Crippen LogP contribution >= 0.6 is 0 Å². The number of rotatable bonds is 6. The normalized spacial score (nSPS) is 10.3. The van der Waals surface area contributed by atoms with Crippen LogP contribution in [0.2, 0.25) is 0 Å². The van der Waals surface area contributed by atoms with Gasteiger partial charge in [0.2, 0.25) is 5.88 Å². The predicted molar refractivity (Wildman–Crippen MR) is 81.5 cm³/mol. The maximum absolute atomic E-state index is 5.59. The molecular weight excluding hydrogens is 298 g/mol. The first-order valence-corrected chi connectivity index (χ1v) is 6.87. The van der Waals surface area contributed by atoms with Crippen LogP contribution in [-0.4, -0.2) is 34.2 Å². The lowest BCUT2D eigenvalue weighted by atomic mass is 10.3. The van der Waals surface area contributed by atoms with Crippen LogP contribution in [0.3, 0.4) is 0 Å². The number of nitrogens with zero attached hydrogens (tertiary/aromatic N) is 5. The molecule has 0 unspecified atom stereocenters. The summed E-state index contributed by atoms with van der Waals surface area (Å²) in [6.45, 7) is 0.200. The Bertz CT molecular complexity index is 743. The Balaban J connectivity index is 1.56. The Labute approximate surface area is 132 Å². The Morgan fingerprint density at radius 2 is 1.87 bits per heavy atom. The summed E-state index contributed by atoms with van der Waals surface area (Å²) in [6, 6.07) is 7.13. The van der Waals surface area contributed by atoms with Crippen LogP contribution in [0.5, 0.6) is 17.4 Å². The first-order valence-electron chi connectivity index (χ1n) is 6.87. The highest BCUT2D eigenvalue weighted by atomic mass is 16.5. The minimum Gasteiger partial charge on any atom is -0.484 e. The van der Waals surface area contributed by atoms with Crippen molar-refractivity contribution in [3.05, 3.63) is 48.7 Å². The van der Waals surface area contributed by atoms with Crippen molar-refractivity contribution in [3.63, 3.8) is 0 Å². The molecule has 0 aliphatic rings. The number of ether oxygens (including phenoxy) is 2. The SMILES string of the molecule is CN(C)c1noc(COc2ccc(Oc3cnccn3)cc2)n1. The van der Waals surface area contributed by atoms with Crippen molar-refractivity contribution in [2.75, 3.05) is 19.0 Å². The minimum absolute atomic E-state index is 0.200. The zero-order valence-electron chi connectivity index (χ0n) is 12.7. The van der Waals surface area contributed by atoms with Gasteiger partial charge in [0.05, 0.1) is 6.20 Å². The summed E-state index contributed by atoms with van der Waals surface area (Å²) in [4.78, 5) is 13.9. The zero-order chi connectivity index (χ0) is 16.1. The fourth-order valence-electron chi connectivity index (χ4n) is 1.69. The van der Waals surface area contributed by atoms with Crippen molar-refractivity contribution in [3.8, 4) is 17.4 Å². The van der Waals surface area contributed by atoms with E-state index in [2.05, 4.69) is 20.1 Å². The smallest absolute Gasteiger partial charge is 0.266 e. The Morgan fingerprint density at radius 3 is 2.52 bits per heavy atom. The van der Waals surface area contributed by atoms with Gasteiger partial charge in [-0.25, -0.2) is 4.98 Å². The summed E-state index contributed by atoms with van der Waals surface area (Å²) in [6.07, 6.45) is 4.70. The van der Waals surface area contributed by atoms with Crippen LogP contribution in [0, 0.1) is 0 Å². The van der Waals surface area contributed by atoms with Crippen molar-refractivity contribution >= 4 is 5.95 Å². The molecule has 118 valence electrons. The number of hydrogen-bond donors (Lipinski definition) is 0. The topological polar surface area (TPSA) is 86.4 Å². The van der Waals surface area contributed by atoms with Crippen LogP contribution in [0.15, 0.2) is 47.4 Å². The van der Waals surface area contributed by atoms with Gasteiger partial charge in [-0.15, -0.1) is 0 Å². The molecule has 0 amide bonds. The molecule has 0 bridgehead atoms. The fraction of sp³-hybridized carbons (Fsp3) is 0.200. The molecule has 8 nitrogen and oxygen atoms in total. The van der Waals surface area contributed by atoms with Gasteiger partial charge in [0.15, 0.2) is 6.61 Å². The van der Waals surface area contributed by atoms with Crippen LogP contribution in [0.1, 0.15) is 5.89 Å². The van der Waals surface area contributed by atoms with E-state index in [9.17, 15) is 0 Å². The molecule has 3 rings (SSSR count). The Hall–Kier alpha value is -3.16. The lowest BCUT2D eigenvalue weighted by Crippen LogP contribution is -2.10.